The molecule has 0 saturated heterocycles. The zero-order chi connectivity index (χ0) is 19.2. The quantitative estimate of drug-likeness (QED) is 0.172. The molecule has 2 atom stereocenters. The average Bonchev–Trinajstić information content (AvgIpc) is 2.54. The lowest BCUT2D eigenvalue weighted by atomic mass is 10.1. The van der Waals surface area contributed by atoms with Crippen LogP contribution in [0.3, 0.4) is 0 Å². The van der Waals surface area contributed by atoms with Gasteiger partial charge in [0.05, 0.1) is 6.10 Å². The Kier molecular flexibility index (Phi) is 14.1. The van der Waals surface area contributed by atoms with E-state index >= 15 is 0 Å². The van der Waals surface area contributed by atoms with Gasteiger partial charge in [-0.1, -0.05) is 71.6 Å². The molecule has 0 aliphatic carbocycles. The van der Waals surface area contributed by atoms with Gasteiger partial charge in [0.15, 0.2) is 0 Å². The molecule has 0 saturated carbocycles. The Morgan fingerprint density at radius 3 is 1.84 bits per heavy atom. The van der Waals surface area contributed by atoms with Crippen molar-refractivity contribution in [2.75, 3.05) is 13.2 Å². The first-order chi connectivity index (χ1) is 11.8. The van der Waals surface area contributed by atoms with Gasteiger partial charge in [0.2, 0.25) is 5.47 Å². The molecule has 0 aliphatic rings. The van der Waals surface area contributed by atoms with Crippen LogP contribution in [0.1, 0.15) is 91.4 Å². The van der Waals surface area contributed by atoms with Gasteiger partial charge in [0.25, 0.3) is 0 Å². The highest BCUT2D eigenvalue weighted by atomic mass is 31.2. The zero-order valence-corrected chi connectivity index (χ0v) is 17.3. The predicted octanol–water partition coefficient (Wildman–Crippen LogP) is 4.14. The molecule has 4 N–H and O–H groups in total. The van der Waals surface area contributed by atoms with E-state index in [4.69, 9.17) is 4.74 Å². The number of ether oxygens (including phenoxy) is 1. The minimum atomic E-state index is -4.49. The van der Waals surface area contributed by atoms with E-state index in [1.807, 2.05) is 0 Å². The van der Waals surface area contributed by atoms with Crippen LogP contribution in [0.4, 0.5) is 0 Å². The fraction of sp³-hybridized carbons (Fsp3) is 1.00. The number of hydrogen-bond acceptors (Lipinski definition) is 4. The van der Waals surface area contributed by atoms with Crippen LogP contribution in [0.15, 0.2) is 0 Å². The number of rotatable bonds is 17. The summed E-state index contributed by atoms with van der Waals surface area (Å²) in [6.07, 6.45) is 11.4. The summed E-state index contributed by atoms with van der Waals surface area (Å²) < 4.78 is 17.4. The molecule has 0 spiro atoms. The summed E-state index contributed by atoms with van der Waals surface area (Å²) in [6.45, 7) is 5.85. The second-order valence-corrected chi connectivity index (χ2v) is 8.75. The smallest absolute Gasteiger partial charge is 0.372 e. The molecule has 0 aromatic heterocycles. The molecule has 7 heteroatoms. The first-order valence-corrected chi connectivity index (χ1v) is 11.5. The van der Waals surface area contributed by atoms with Crippen molar-refractivity contribution in [2.24, 2.45) is 0 Å². The fourth-order valence-electron chi connectivity index (χ4n) is 2.81. The van der Waals surface area contributed by atoms with Crippen molar-refractivity contribution in [1.82, 2.24) is 5.32 Å². The lowest BCUT2D eigenvalue weighted by Crippen LogP contribution is -2.49. The van der Waals surface area contributed by atoms with Crippen LogP contribution in [-0.2, 0) is 9.30 Å². The van der Waals surface area contributed by atoms with Crippen molar-refractivity contribution >= 4 is 7.60 Å². The summed E-state index contributed by atoms with van der Waals surface area (Å²) in [6, 6.07) is 0. The first kappa shape index (κ1) is 25.0. The van der Waals surface area contributed by atoms with E-state index in [-0.39, 0.29) is 13.0 Å². The lowest BCUT2D eigenvalue weighted by molar-refractivity contribution is -0.0347. The van der Waals surface area contributed by atoms with Gasteiger partial charge in [-0.3, -0.25) is 9.88 Å². The maximum Gasteiger partial charge on any atom is 0.372 e. The van der Waals surface area contributed by atoms with Crippen molar-refractivity contribution < 1.29 is 24.2 Å². The topological polar surface area (TPSA) is 99.0 Å². The standard InChI is InChI=1S/C18H40NO5P/c1-4-6-7-8-9-10-11-12-13-14-15-24-18(5-2,25(21,22)23)19-16-17(3)20/h17,19-20H,4-16H2,1-3H3,(H2,21,22,23). The highest BCUT2D eigenvalue weighted by Crippen LogP contribution is 2.51. The van der Waals surface area contributed by atoms with Crippen LogP contribution in [0.2, 0.25) is 0 Å². The Morgan fingerprint density at radius 2 is 1.44 bits per heavy atom. The molecule has 0 heterocycles. The van der Waals surface area contributed by atoms with E-state index in [2.05, 4.69) is 12.2 Å². The summed E-state index contributed by atoms with van der Waals surface area (Å²) >= 11 is 0. The fourth-order valence-corrected chi connectivity index (χ4v) is 3.78. The molecule has 25 heavy (non-hydrogen) atoms. The summed E-state index contributed by atoms with van der Waals surface area (Å²) in [5.41, 5.74) is -1.69. The predicted molar refractivity (Wildman–Crippen MR) is 103 cm³/mol. The maximum atomic E-state index is 11.8. The minimum absolute atomic E-state index is 0.0803. The highest BCUT2D eigenvalue weighted by molar-refractivity contribution is 7.53. The van der Waals surface area contributed by atoms with Crippen molar-refractivity contribution in [1.29, 1.82) is 0 Å². The largest absolute Gasteiger partial charge is 0.392 e. The molecule has 0 bridgehead atoms. The molecule has 6 nitrogen and oxygen atoms in total. The van der Waals surface area contributed by atoms with Crippen LogP contribution < -0.4 is 5.32 Å². The first-order valence-electron chi connectivity index (χ1n) is 9.91. The molecular weight excluding hydrogens is 341 g/mol. The zero-order valence-electron chi connectivity index (χ0n) is 16.4. The summed E-state index contributed by atoms with van der Waals surface area (Å²) in [4.78, 5) is 19.3. The second-order valence-electron chi connectivity index (χ2n) is 6.94. The second kappa shape index (κ2) is 14.1. The van der Waals surface area contributed by atoms with Gasteiger partial charge < -0.3 is 19.6 Å². The van der Waals surface area contributed by atoms with Gasteiger partial charge in [-0.2, -0.15) is 0 Å². The van der Waals surface area contributed by atoms with Gasteiger partial charge in [-0.15, -0.1) is 0 Å². The summed E-state index contributed by atoms with van der Waals surface area (Å²) in [5, 5.41) is 12.1. The van der Waals surface area contributed by atoms with Crippen LogP contribution in [-0.4, -0.2) is 39.6 Å². The number of nitrogens with one attached hydrogen (secondary N) is 1. The number of hydrogen-bond donors (Lipinski definition) is 4. The molecule has 152 valence electrons. The molecule has 0 aromatic rings. The lowest BCUT2D eigenvalue weighted by Gasteiger charge is -2.34. The third-order valence-electron chi connectivity index (χ3n) is 4.46. The van der Waals surface area contributed by atoms with Gasteiger partial charge in [-0.25, -0.2) is 0 Å². The Bertz CT molecular complexity index is 361. The Labute approximate surface area is 153 Å². The number of unbranched alkanes of at least 4 members (excludes halogenated alkanes) is 9. The molecule has 0 fully saturated rings. The van der Waals surface area contributed by atoms with Crippen LogP contribution >= 0.6 is 7.60 Å². The van der Waals surface area contributed by atoms with Gasteiger partial charge >= 0.3 is 7.60 Å². The molecule has 0 aromatic carbocycles. The van der Waals surface area contributed by atoms with E-state index in [9.17, 15) is 19.5 Å². The molecule has 0 aliphatic heterocycles. The molecule has 2 unspecified atom stereocenters. The minimum Gasteiger partial charge on any atom is -0.392 e. The van der Waals surface area contributed by atoms with Crippen molar-refractivity contribution in [3.8, 4) is 0 Å². The number of aliphatic hydroxyl groups is 1. The van der Waals surface area contributed by atoms with Gasteiger partial charge in [0, 0.05) is 13.2 Å². The Balaban J connectivity index is 3.97. The Morgan fingerprint density at radius 1 is 0.960 bits per heavy atom. The van der Waals surface area contributed by atoms with E-state index < -0.39 is 19.2 Å². The number of aliphatic hydroxyl groups excluding tert-OH is 1. The molecular formula is C18H40NO5P. The van der Waals surface area contributed by atoms with E-state index in [0.29, 0.717) is 6.61 Å². The van der Waals surface area contributed by atoms with Crippen molar-refractivity contribution in [3.05, 3.63) is 0 Å². The van der Waals surface area contributed by atoms with E-state index in [1.54, 1.807) is 13.8 Å². The summed E-state index contributed by atoms with van der Waals surface area (Å²) in [5.74, 6) is 0. The summed E-state index contributed by atoms with van der Waals surface area (Å²) in [7, 11) is -4.49. The van der Waals surface area contributed by atoms with E-state index in [1.165, 1.54) is 44.9 Å². The maximum absolute atomic E-state index is 11.8. The Hall–Kier alpha value is 0.0300. The van der Waals surface area contributed by atoms with Crippen LogP contribution in [0, 0.1) is 0 Å². The monoisotopic (exact) mass is 381 g/mol. The van der Waals surface area contributed by atoms with Crippen molar-refractivity contribution in [2.45, 2.75) is 103 Å². The highest BCUT2D eigenvalue weighted by Gasteiger charge is 2.46. The SMILES string of the molecule is CCCCCCCCCCCCOC(CC)(NCC(C)O)P(=O)(O)O. The molecule has 0 radical (unpaired) electrons. The van der Waals surface area contributed by atoms with Crippen LogP contribution in [0.25, 0.3) is 0 Å². The molecule has 0 rings (SSSR count). The van der Waals surface area contributed by atoms with Crippen LogP contribution in [0.5, 0.6) is 0 Å². The normalized spacial score (nSPS) is 15.9. The van der Waals surface area contributed by atoms with Gasteiger partial charge in [-0.05, 0) is 19.8 Å². The third-order valence-corrected chi connectivity index (χ3v) is 6.01. The van der Waals surface area contributed by atoms with Gasteiger partial charge in [0.1, 0.15) is 0 Å². The van der Waals surface area contributed by atoms with Crippen molar-refractivity contribution in [3.63, 3.8) is 0 Å². The average molecular weight is 381 g/mol. The molecule has 0 amide bonds. The third kappa shape index (κ3) is 11.4. The van der Waals surface area contributed by atoms with E-state index in [0.717, 1.165) is 19.3 Å².